The molecule has 3 atom stereocenters. The zero-order valence-electron chi connectivity index (χ0n) is 18.9. The average molecular weight is 433 g/mol. The molecule has 0 saturated carbocycles. The Morgan fingerprint density at radius 3 is 2.75 bits per heavy atom. The molecular weight excluding hydrogens is 400 g/mol. The zero-order chi connectivity index (χ0) is 22.6. The van der Waals surface area contributed by atoms with Gasteiger partial charge < -0.3 is 20.1 Å². The normalized spacial score (nSPS) is 22.1. The predicted octanol–water partition coefficient (Wildman–Crippen LogP) is 3.81. The van der Waals surface area contributed by atoms with E-state index in [2.05, 4.69) is 36.7 Å². The molecule has 3 aromatic rings. The number of para-hydroxylation sites is 1. The van der Waals surface area contributed by atoms with Crippen LogP contribution in [0.15, 0.2) is 67.3 Å². The van der Waals surface area contributed by atoms with Gasteiger partial charge >= 0.3 is 0 Å². The van der Waals surface area contributed by atoms with Gasteiger partial charge in [-0.05, 0) is 32.4 Å². The lowest BCUT2D eigenvalue weighted by Crippen LogP contribution is -2.64. The fourth-order valence-corrected chi connectivity index (χ4v) is 4.67. The van der Waals surface area contributed by atoms with Gasteiger partial charge in [-0.2, -0.15) is 0 Å². The number of aliphatic hydroxyl groups excluding tert-OH is 1. The molecule has 2 N–H and O–H groups in total. The first-order chi connectivity index (χ1) is 15.5. The van der Waals surface area contributed by atoms with E-state index in [1.807, 2.05) is 48.5 Å². The van der Waals surface area contributed by atoms with Crippen LogP contribution in [-0.2, 0) is 4.74 Å². The number of anilines is 1. The van der Waals surface area contributed by atoms with Gasteiger partial charge in [-0.1, -0.05) is 48.5 Å². The monoisotopic (exact) mass is 432 g/mol. The van der Waals surface area contributed by atoms with E-state index >= 15 is 0 Å². The first kappa shape index (κ1) is 22.4. The highest BCUT2D eigenvalue weighted by atomic mass is 16.5. The number of aromatic nitrogens is 2. The van der Waals surface area contributed by atoms with Gasteiger partial charge in [0, 0.05) is 35.6 Å². The van der Waals surface area contributed by atoms with Crippen molar-refractivity contribution in [2.75, 3.05) is 31.2 Å². The largest absolute Gasteiger partial charge is 0.391 e. The number of ether oxygens (including phenoxy) is 1. The second kappa shape index (κ2) is 9.77. The number of nitrogens with one attached hydrogen (secondary N) is 1. The molecule has 0 bridgehead atoms. The van der Waals surface area contributed by atoms with Gasteiger partial charge in [-0.15, -0.1) is 6.58 Å². The lowest BCUT2D eigenvalue weighted by molar-refractivity contribution is 0.0257. The number of nitrogens with zero attached hydrogens (tertiary/aromatic N) is 3. The average Bonchev–Trinajstić information content (AvgIpc) is 2.78. The van der Waals surface area contributed by atoms with E-state index in [0.717, 1.165) is 41.2 Å². The number of hydrogen-bond donors (Lipinski definition) is 2. The summed E-state index contributed by atoms with van der Waals surface area (Å²) in [5, 5.41) is 15.3. The van der Waals surface area contributed by atoms with Crippen molar-refractivity contribution in [3.63, 3.8) is 0 Å². The number of aliphatic hydroxyl groups is 1. The van der Waals surface area contributed by atoms with Crippen LogP contribution >= 0.6 is 0 Å². The van der Waals surface area contributed by atoms with Crippen molar-refractivity contribution >= 4 is 16.7 Å². The van der Waals surface area contributed by atoms with Crippen LogP contribution in [-0.4, -0.2) is 59.1 Å². The van der Waals surface area contributed by atoms with Gasteiger partial charge in [-0.3, -0.25) is 0 Å². The number of rotatable bonds is 8. The highest BCUT2D eigenvalue weighted by Gasteiger charge is 2.36. The molecule has 4 rings (SSSR count). The molecule has 1 saturated heterocycles. The Bertz CT molecular complexity index is 1060. The van der Waals surface area contributed by atoms with Gasteiger partial charge in [-0.25, -0.2) is 9.97 Å². The first-order valence-electron chi connectivity index (χ1n) is 11.2. The van der Waals surface area contributed by atoms with Crippen molar-refractivity contribution < 1.29 is 9.84 Å². The smallest absolute Gasteiger partial charge is 0.162 e. The Hall–Kier alpha value is -2.80. The van der Waals surface area contributed by atoms with Crippen molar-refractivity contribution in [1.29, 1.82) is 0 Å². The van der Waals surface area contributed by atoms with Crippen molar-refractivity contribution in [2.45, 2.75) is 38.0 Å². The van der Waals surface area contributed by atoms with E-state index in [9.17, 15) is 5.11 Å². The highest BCUT2D eigenvalue weighted by Crippen LogP contribution is 2.31. The number of hydrogen-bond acceptors (Lipinski definition) is 6. The van der Waals surface area contributed by atoms with Gasteiger partial charge in [0.25, 0.3) is 0 Å². The lowest BCUT2D eigenvalue weighted by Gasteiger charge is -2.46. The van der Waals surface area contributed by atoms with Crippen molar-refractivity contribution in [1.82, 2.24) is 15.3 Å². The summed E-state index contributed by atoms with van der Waals surface area (Å²) in [5.41, 5.74) is 1.65. The Kier molecular flexibility index (Phi) is 6.84. The summed E-state index contributed by atoms with van der Waals surface area (Å²) >= 11 is 0. The molecule has 1 fully saturated rings. The minimum Gasteiger partial charge on any atom is -0.391 e. The quantitative estimate of drug-likeness (QED) is 0.417. The Balaban J connectivity index is 1.66. The molecule has 6 heteroatoms. The number of fused-ring (bicyclic) bond motifs is 1. The van der Waals surface area contributed by atoms with Crippen LogP contribution in [0.4, 0.5) is 5.82 Å². The summed E-state index contributed by atoms with van der Waals surface area (Å²) in [6, 6.07) is 18.5. The van der Waals surface area contributed by atoms with Crippen LogP contribution < -0.4 is 10.2 Å². The Labute approximate surface area is 190 Å². The molecule has 32 heavy (non-hydrogen) atoms. The molecule has 0 aliphatic carbocycles. The molecule has 1 aliphatic rings. The molecule has 168 valence electrons. The zero-order valence-corrected chi connectivity index (χ0v) is 18.9. The maximum absolute atomic E-state index is 10.6. The van der Waals surface area contributed by atoms with Crippen LogP contribution in [0.1, 0.15) is 20.3 Å². The van der Waals surface area contributed by atoms with E-state index in [-0.39, 0.29) is 11.6 Å². The van der Waals surface area contributed by atoms with Crippen molar-refractivity contribution in [3.8, 4) is 11.4 Å². The lowest BCUT2D eigenvalue weighted by atomic mass is 9.90. The van der Waals surface area contributed by atoms with Crippen LogP contribution in [0.25, 0.3) is 22.3 Å². The molecule has 0 amide bonds. The van der Waals surface area contributed by atoms with Crippen LogP contribution in [0.5, 0.6) is 0 Å². The summed E-state index contributed by atoms with van der Waals surface area (Å²) in [4.78, 5) is 12.2. The van der Waals surface area contributed by atoms with E-state index in [1.54, 1.807) is 6.08 Å². The number of piperazine rings is 1. The molecule has 3 unspecified atom stereocenters. The Morgan fingerprint density at radius 1 is 1.22 bits per heavy atom. The van der Waals surface area contributed by atoms with Gasteiger partial charge in [0.05, 0.1) is 24.8 Å². The van der Waals surface area contributed by atoms with E-state index in [0.29, 0.717) is 19.6 Å². The topological polar surface area (TPSA) is 70.5 Å². The third-order valence-corrected chi connectivity index (χ3v) is 5.78. The van der Waals surface area contributed by atoms with Gasteiger partial charge in [0.2, 0.25) is 0 Å². The maximum Gasteiger partial charge on any atom is 0.162 e. The molecule has 1 aromatic heterocycles. The molecule has 1 aliphatic heterocycles. The fourth-order valence-electron chi connectivity index (χ4n) is 4.67. The minimum atomic E-state index is -0.554. The highest BCUT2D eigenvalue weighted by molar-refractivity contribution is 5.91. The second-order valence-electron chi connectivity index (χ2n) is 8.92. The van der Waals surface area contributed by atoms with Crippen LogP contribution in [0.3, 0.4) is 0 Å². The SMILES string of the molecule is C=CCOCC(O)CC1(C)CN(c2nc(-c3ccccc3)nc3ccccc23)CC(C)N1. The Morgan fingerprint density at radius 2 is 1.97 bits per heavy atom. The summed E-state index contributed by atoms with van der Waals surface area (Å²) in [5.74, 6) is 1.66. The molecule has 0 spiro atoms. The summed E-state index contributed by atoms with van der Waals surface area (Å²) < 4.78 is 5.46. The van der Waals surface area contributed by atoms with E-state index < -0.39 is 6.10 Å². The third-order valence-electron chi connectivity index (χ3n) is 5.78. The van der Waals surface area contributed by atoms with Crippen molar-refractivity contribution in [3.05, 3.63) is 67.3 Å². The summed E-state index contributed by atoms with van der Waals surface area (Å²) in [6.45, 7) is 10.3. The standard InChI is InChI=1S/C26H32N4O2/c1-4-14-32-17-21(31)15-26(3)18-30(16-19(2)29-26)25-22-12-8-9-13-23(22)27-24(28-25)20-10-6-5-7-11-20/h4-13,19,21,29,31H,1,14-18H2,2-3H3. The van der Waals surface area contributed by atoms with Gasteiger partial charge in [0.15, 0.2) is 5.82 Å². The molecule has 2 heterocycles. The van der Waals surface area contributed by atoms with Crippen LogP contribution in [0, 0.1) is 0 Å². The molecule has 2 aromatic carbocycles. The van der Waals surface area contributed by atoms with Crippen LogP contribution in [0.2, 0.25) is 0 Å². The van der Waals surface area contributed by atoms with Crippen molar-refractivity contribution in [2.24, 2.45) is 0 Å². The maximum atomic E-state index is 10.6. The van der Waals surface area contributed by atoms with Gasteiger partial charge in [0.1, 0.15) is 5.82 Å². The number of benzene rings is 2. The third kappa shape index (κ3) is 5.15. The van der Waals surface area contributed by atoms with E-state index in [1.165, 1.54) is 0 Å². The minimum absolute atomic E-state index is 0.240. The fraction of sp³-hybridized carbons (Fsp3) is 0.385. The molecule has 0 radical (unpaired) electrons. The summed E-state index contributed by atoms with van der Waals surface area (Å²) in [7, 11) is 0. The molecular formula is C26H32N4O2. The molecule has 6 nitrogen and oxygen atoms in total. The van der Waals surface area contributed by atoms with E-state index in [4.69, 9.17) is 14.7 Å². The second-order valence-corrected chi connectivity index (χ2v) is 8.92. The summed E-state index contributed by atoms with van der Waals surface area (Å²) in [6.07, 6.45) is 1.72. The predicted molar refractivity (Wildman–Crippen MR) is 130 cm³/mol. The first-order valence-corrected chi connectivity index (χ1v) is 11.2.